The number of nitrogens with one attached hydrogen (secondary N) is 1. The molecule has 0 aromatic rings. The second-order valence-electron chi connectivity index (χ2n) is 4.26. The number of rotatable bonds is 4. The van der Waals surface area contributed by atoms with Crippen LogP contribution in [0.1, 0.15) is 33.6 Å². The summed E-state index contributed by atoms with van der Waals surface area (Å²) in [6.45, 7) is 8.79. The molecule has 1 aliphatic rings. The molecule has 0 aromatic carbocycles. The van der Waals surface area contributed by atoms with Crippen LogP contribution in [0.25, 0.3) is 0 Å². The summed E-state index contributed by atoms with van der Waals surface area (Å²) in [5.41, 5.74) is 0. The second-order valence-corrected chi connectivity index (χ2v) is 4.26. The van der Waals surface area contributed by atoms with Crippen molar-refractivity contribution in [2.75, 3.05) is 19.6 Å². The summed E-state index contributed by atoms with van der Waals surface area (Å²) in [4.78, 5) is 13.7. The Balaban J connectivity index is 2.21. The first-order valence-electron chi connectivity index (χ1n) is 5.82. The molecule has 1 atom stereocenters. The van der Waals surface area contributed by atoms with Crippen molar-refractivity contribution in [2.24, 2.45) is 0 Å². The molecule has 1 heterocycles. The molecular weight excluding hydrogens is 192 g/mol. The first kappa shape index (κ1) is 12.3. The van der Waals surface area contributed by atoms with E-state index >= 15 is 0 Å². The van der Waals surface area contributed by atoms with Crippen LogP contribution in [0.4, 0.5) is 4.79 Å². The highest BCUT2D eigenvalue weighted by Gasteiger charge is 2.23. The first-order valence-corrected chi connectivity index (χ1v) is 5.82. The fourth-order valence-electron chi connectivity index (χ4n) is 2.00. The molecule has 4 heteroatoms. The predicted molar refractivity (Wildman–Crippen MR) is 59.9 cm³/mol. The van der Waals surface area contributed by atoms with Gasteiger partial charge in [0.05, 0.1) is 6.10 Å². The number of nitrogens with zero attached hydrogens (tertiary/aromatic N) is 1. The van der Waals surface area contributed by atoms with Crippen molar-refractivity contribution in [3.63, 3.8) is 0 Å². The number of likely N-dealkylation sites (tertiary alicyclic amines) is 1. The summed E-state index contributed by atoms with van der Waals surface area (Å²) in [5, 5.41) is 2.82. The zero-order valence-electron chi connectivity index (χ0n) is 9.95. The number of carbonyl (C=O) groups is 1. The van der Waals surface area contributed by atoms with Crippen LogP contribution in [0, 0.1) is 0 Å². The average molecular weight is 214 g/mol. The fourth-order valence-corrected chi connectivity index (χ4v) is 2.00. The smallest absolute Gasteiger partial charge is 0.407 e. The van der Waals surface area contributed by atoms with E-state index in [0.717, 1.165) is 13.1 Å². The minimum absolute atomic E-state index is 0.0455. The van der Waals surface area contributed by atoms with E-state index in [9.17, 15) is 4.79 Å². The van der Waals surface area contributed by atoms with E-state index in [0.29, 0.717) is 12.6 Å². The highest BCUT2D eigenvalue weighted by molar-refractivity contribution is 5.67. The van der Waals surface area contributed by atoms with Crippen LogP contribution in [0.5, 0.6) is 0 Å². The molecule has 1 aliphatic heterocycles. The van der Waals surface area contributed by atoms with Crippen molar-refractivity contribution in [1.29, 1.82) is 0 Å². The van der Waals surface area contributed by atoms with Crippen LogP contribution < -0.4 is 5.32 Å². The SMILES string of the molecule is CCN1CCCC1CNC(=O)OC(C)C. The van der Waals surface area contributed by atoms with Gasteiger partial charge in [0.2, 0.25) is 0 Å². The Morgan fingerprint density at radius 3 is 2.93 bits per heavy atom. The highest BCUT2D eigenvalue weighted by atomic mass is 16.6. The quantitative estimate of drug-likeness (QED) is 0.773. The van der Waals surface area contributed by atoms with Gasteiger partial charge in [-0.3, -0.25) is 4.90 Å². The van der Waals surface area contributed by atoms with E-state index in [2.05, 4.69) is 17.1 Å². The minimum atomic E-state index is -0.298. The third-order valence-corrected chi connectivity index (χ3v) is 2.73. The monoisotopic (exact) mass is 214 g/mol. The fraction of sp³-hybridized carbons (Fsp3) is 0.909. The van der Waals surface area contributed by atoms with Crippen LogP contribution in [-0.2, 0) is 4.74 Å². The maximum atomic E-state index is 11.3. The summed E-state index contributed by atoms with van der Waals surface area (Å²) < 4.78 is 5.01. The molecule has 1 amide bonds. The molecule has 88 valence electrons. The van der Waals surface area contributed by atoms with Gasteiger partial charge in [0.1, 0.15) is 0 Å². The van der Waals surface area contributed by atoms with Gasteiger partial charge in [-0.1, -0.05) is 6.92 Å². The first-order chi connectivity index (χ1) is 7.13. The zero-order chi connectivity index (χ0) is 11.3. The second kappa shape index (κ2) is 5.95. The van der Waals surface area contributed by atoms with Gasteiger partial charge >= 0.3 is 6.09 Å². The van der Waals surface area contributed by atoms with Gasteiger partial charge in [-0.15, -0.1) is 0 Å². The van der Waals surface area contributed by atoms with Crippen molar-refractivity contribution in [3.8, 4) is 0 Å². The van der Waals surface area contributed by atoms with Crippen LogP contribution in [-0.4, -0.2) is 42.8 Å². The number of hydrogen-bond acceptors (Lipinski definition) is 3. The minimum Gasteiger partial charge on any atom is -0.447 e. The summed E-state index contributed by atoms with van der Waals surface area (Å²) in [6.07, 6.45) is 2.07. The molecule has 0 spiro atoms. The van der Waals surface area contributed by atoms with Gasteiger partial charge in [-0.05, 0) is 39.8 Å². The van der Waals surface area contributed by atoms with E-state index in [1.165, 1.54) is 12.8 Å². The third-order valence-electron chi connectivity index (χ3n) is 2.73. The molecule has 1 fully saturated rings. The maximum Gasteiger partial charge on any atom is 0.407 e. The van der Waals surface area contributed by atoms with Crippen molar-refractivity contribution < 1.29 is 9.53 Å². The van der Waals surface area contributed by atoms with Gasteiger partial charge in [0, 0.05) is 12.6 Å². The highest BCUT2D eigenvalue weighted by Crippen LogP contribution is 2.15. The Bertz CT molecular complexity index is 207. The molecule has 1 saturated heterocycles. The van der Waals surface area contributed by atoms with Gasteiger partial charge in [0.25, 0.3) is 0 Å². The van der Waals surface area contributed by atoms with Gasteiger partial charge in [-0.2, -0.15) is 0 Å². The summed E-state index contributed by atoms with van der Waals surface area (Å²) in [5.74, 6) is 0. The Kier molecular flexibility index (Phi) is 4.88. The molecule has 1 N–H and O–H groups in total. The molecule has 1 rings (SSSR count). The van der Waals surface area contributed by atoms with Gasteiger partial charge in [0.15, 0.2) is 0 Å². The molecular formula is C11H22N2O2. The van der Waals surface area contributed by atoms with Crippen LogP contribution in [0.15, 0.2) is 0 Å². The van der Waals surface area contributed by atoms with E-state index in [4.69, 9.17) is 4.74 Å². The predicted octanol–water partition coefficient (Wildman–Crippen LogP) is 1.61. The molecule has 4 nitrogen and oxygen atoms in total. The molecule has 1 unspecified atom stereocenters. The maximum absolute atomic E-state index is 11.3. The van der Waals surface area contributed by atoms with Crippen molar-refractivity contribution in [1.82, 2.24) is 10.2 Å². The lowest BCUT2D eigenvalue weighted by Gasteiger charge is -2.22. The topological polar surface area (TPSA) is 41.6 Å². The summed E-state index contributed by atoms with van der Waals surface area (Å²) in [6, 6.07) is 0.495. The van der Waals surface area contributed by atoms with Crippen LogP contribution >= 0.6 is 0 Å². The van der Waals surface area contributed by atoms with E-state index in [-0.39, 0.29) is 12.2 Å². The molecule has 0 aromatic heterocycles. The summed E-state index contributed by atoms with van der Waals surface area (Å²) >= 11 is 0. The normalized spacial score (nSPS) is 22.0. The largest absolute Gasteiger partial charge is 0.447 e. The van der Waals surface area contributed by atoms with Crippen molar-refractivity contribution in [2.45, 2.75) is 45.8 Å². The number of hydrogen-bond donors (Lipinski definition) is 1. The molecule has 0 saturated carbocycles. The Labute approximate surface area is 92.0 Å². The van der Waals surface area contributed by atoms with Crippen LogP contribution in [0.2, 0.25) is 0 Å². The molecule has 0 radical (unpaired) electrons. The van der Waals surface area contributed by atoms with E-state index in [1.54, 1.807) is 0 Å². The lowest BCUT2D eigenvalue weighted by Crippen LogP contribution is -2.40. The molecule has 15 heavy (non-hydrogen) atoms. The van der Waals surface area contributed by atoms with Gasteiger partial charge in [-0.25, -0.2) is 4.79 Å². The number of carbonyl (C=O) groups excluding carboxylic acids is 1. The van der Waals surface area contributed by atoms with E-state index in [1.807, 2.05) is 13.8 Å². The van der Waals surface area contributed by atoms with Crippen molar-refractivity contribution >= 4 is 6.09 Å². The number of alkyl carbamates (subject to hydrolysis) is 1. The Morgan fingerprint density at radius 1 is 1.60 bits per heavy atom. The number of likely N-dealkylation sites (N-methyl/N-ethyl adjacent to an activating group) is 1. The number of amides is 1. The molecule has 0 aliphatic carbocycles. The average Bonchev–Trinajstić information content (AvgIpc) is 2.60. The van der Waals surface area contributed by atoms with Crippen LogP contribution in [0.3, 0.4) is 0 Å². The summed E-state index contributed by atoms with van der Waals surface area (Å²) in [7, 11) is 0. The lowest BCUT2D eigenvalue weighted by atomic mass is 10.2. The zero-order valence-corrected chi connectivity index (χ0v) is 9.95. The lowest BCUT2D eigenvalue weighted by molar-refractivity contribution is 0.113. The number of ether oxygens (including phenoxy) is 1. The Morgan fingerprint density at radius 2 is 2.33 bits per heavy atom. The molecule has 0 bridgehead atoms. The third kappa shape index (κ3) is 4.08. The van der Waals surface area contributed by atoms with Gasteiger partial charge < -0.3 is 10.1 Å². The standard InChI is InChI=1S/C11H22N2O2/c1-4-13-7-5-6-10(13)8-12-11(14)15-9(2)3/h9-10H,4-8H2,1-3H3,(H,12,14). The van der Waals surface area contributed by atoms with E-state index < -0.39 is 0 Å². The van der Waals surface area contributed by atoms with Crippen molar-refractivity contribution in [3.05, 3.63) is 0 Å². The Hall–Kier alpha value is -0.770.